The van der Waals surface area contributed by atoms with E-state index >= 15 is 0 Å². The molecular weight excluding hydrogens is 366 g/mol. The Morgan fingerprint density at radius 2 is 1.85 bits per heavy atom. The fourth-order valence-electron chi connectivity index (χ4n) is 3.48. The van der Waals surface area contributed by atoms with Crippen LogP contribution in [0.2, 0.25) is 5.02 Å². The molecule has 2 atom stereocenters. The average Bonchev–Trinajstić information content (AvgIpc) is 2.65. The zero-order valence-electron chi connectivity index (χ0n) is 14.7. The molecule has 0 aromatic heterocycles. The SMILES string of the molecule is CSc1ccc(C2CC(=O)NC[C@H]2CC(=O)Cc2ccc(Cl)cc2)cc1. The number of benzene rings is 2. The number of hydrogen-bond donors (Lipinski definition) is 1. The van der Waals surface area contributed by atoms with Gasteiger partial charge in [-0.15, -0.1) is 11.8 Å². The molecule has 1 N–H and O–H groups in total. The molecule has 0 bridgehead atoms. The highest BCUT2D eigenvalue weighted by Crippen LogP contribution is 2.34. The first-order valence-electron chi connectivity index (χ1n) is 8.72. The van der Waals surface area contributed by atoms with Gasteiger partial charge in [-0.1, -0.05) is 35.9 Å². The summed E-state index contributed by atoms with van der Waals surface area (Å²) in [5.41, 5.74) is 2.11. The van der Waals surface area contributed by atoms with E-state index < -0.39 is 0 Å². The minimum atomic E-state index is 0.0605. The van der Waals surface area contributed by atoms with Crippen molar-refractivity contribution in [3.63, 3.8) is 0 Å². The molecule has 2 aromatic rings. The molecule has 0 aliphatic carbocycles. The molecule has 1 amide bonds. The third kappa shape index (κ3) is 4.89. The van der Waals surface area contributed by atoms with E-state index in [-0.39, 0.29) is 23.5 Å². The van der Waals surface area contributed by atoms with Crippen LogP contribution in [0.1, 0.15) is 29.9 Å². The Balaban J connectivity index is 1.69. The summed E-state index contributed by atoms with van der Waals surface area (Å²) < 4.78 is 0. The fraction of sp³-hybridized carbons (Fsp3) is 0.333. The largest absolute Gasteiger partial charge is 0.356 e. The van der Waals surface area contributed by atoms with Crippen LogP contribution in [-0.2, 0) is 16.0 Å². The van der Waals surface area contributed by atoms with Crippen molar-refractivity contribution in [2.45, 2.75) is 30.1 Å². The van der Waals surface area contributed by atoms with Gasteiger partial charge in [-0.2, -0.15) is 0 Å². The first-order valence-corrected chi connectivity index (χ1v) is 10.3. The number of thioether (sulfide) groups is 1. The number of Topliss-reactive ketones (excluding diaryl/α,β-unsaturated/α-hetero) is 1. The van der Waals surface area contributed by atoms with Crippen molar-refractivity contribution in [2.24, 2.45) is 5.92 Å². The van der Waals surface area contributed by atoms with E-state index in [0.29, 0.717) is 30.8 Å². The number of piperidine rings is 1. The standard InChI is InChI=1S/C21H22ClNO2S/c1-26-19-8-4-15(5-9-19)20-12-21(25)23-13-16(20)11-18(24)10-14-2-6-17(22)7-3-14/h2-9,16,20H,10-13H2,1H3,(H,23,25)/t16-,20?/m1/s1. The van der Waals surface area contributed by atoms with Crippen LogP contribution in [0.3, 0.4) is 0 Å². The molecule has 1 saturated heterocycles. The van der Waals surface area contributed by atoms with Crippen LogP contribution >= 0.6 is 23.4 Å². The average molecular weight is 388 g/mol. The van der Waals surface area contributed by atoms with Crippen molar-refractivity contribution >= 4 is 35.1 Å². The molecule has 1 heterocycles. The Bertz CT molecular complexity index is 774. The van der Waals surface area contributed by atoms with Crippen LogP contribution in [0.4, 0.5) is 0 Å². The second-order valence-corrected chi connectivity index (χ2v) is 8.01. The number of amides is 1. The van der Waals surface area contributed by atoms with Gasteiger partial charge >= 0.3 is 0 Å². The molecule has 3 rings (SSSR count). The normalized spacial score (nSPS) is 19.8. The first kappa shape index (κ1) is 19.0. The Labute approximate surface area is 163 Å². The summed E-state index contributed by atoms with van der Waals surface area (Å²) in [6, 6.07) is 15.7. The quantitative estimate of drug-likeness (QED) is 0.743. The number of carbonyl (C=O) groups excluding carboxylic acids is 2. The van der Waals surface area contributed by atoms with Crippen LogP contribution in [-0.4, -0.2) is 24.5 Å². The van der Waals surface area contributed by atoms with E-state index in [9.17, 15) is 9.59 Å². The predicted octanol–water partition coefficient (Wildman–Crippen LogP) is 4.48. The lowest BCUT2D eigenvalue weighted by Crippen LogP contribution is -2.40. The van der Waals surface area contributed by atoms with E-state index in [2.05, 4.69) is 29.6 Å². The molecular formula is C21H22ClNO2S. The molecule has 1 unspecified atom stereocenters. The minimum Gasteiger partial charge on any atom is -0.356 e. The summed E-state index contributed by atoms with van der Waals surface area (Å²) in [7, 11) is 0. The Kier molecular flexibility index (Phi) is 6.38. The van der Waals surface area contributed by atoms with Crippen molar-refractivity contribution in [3.8, 4) is 0 Å². The van der Waals surface area contributed by atoms with Crippen LogP contribution in [0.5, 0.6) is 0 Å². The van der Waals surface area contributed by atoms with E-state index in [1.54, 1.807) is 23.9 Å². The van der Waals surface area contributed by atoms with Gasteiger partial charge in [0.1, 0.15) is 5.78 Å². The van der Waals surface area contributed by atoms with E-state index in [1.807, 2.05) is 18.4 Å². The molecule has 0 saturated carbocycles. The minimum absolute atomic E-state index is 0.0605. The molecule has 26 heavy (non-hydrogen) atoms. The molecule has 1 fully saturated rings. The number of halogens is 1. The van der Waals surface area contributed by atoms with Gasteiger partial charge in [-0.25, -0.2) is 0 Å². The van der Waals surface area contributed by atoms with E-state index in [4.69, 9.17) is 11.6 Å². The number of rotatable bonds is 6. The van der Waals surface area contributed by atoms with Gasteiger partial charge in [0.2, 0.25) is 5.91 Å². The monoisotopic (exact) mass is 387 g/mol. The van der Waals surface area contributed by atoms with Crippen molar-refractivity contribution in [1.29, 1.82) is 0 Å². The lowest BCUT2D eigenvalue weighted by atomic mass is 9.78. The number of ketones is 1. The second kappa shape index (κ2) is 8.74. The Morgan fingerprint density at radius 1 is 1.15 bits per heavy atom. The van der Waals surface area contributed by atoms with Gasteiger partial charge in [0, 0.05) is 35.7 Å². The molecule has 1 aliphatic rings. The molecule has 2 aromatic carbocycles. The van der Waals surface area contributed by atoms with Crippen molar-refractivity contribution in [2.75, 3.05) is 12.8 Å². The lowest BCUT2D eigenvalue weighted by molar-refractivity contribution is -0.125. The summed E-state index contributed by atoms with van der Waals surface area (Å²) in [4.78, 5) is 25.7. The fourth-order valence-corrected chi connectivity index (χ4v) is 4.01. The molecule has 136 valence electrons. The summed E-state index contributed by atoms with van der Waals surface area (Å²) in [6.07, 6.45) is 3.36. The zero-order chi connectivity index (χ0) is 18.5. The van der Waals surface area contributed by atoms with Crippen molar-refractivity contribution in [1.82, 2.24) is 5.32 Å². The lowest BCUT2D eigenvalue weighted by Gasteiger charge is -2.31. The number of nitrogens with one attached hydrogen (secondary N) is 1. The number of hydrogen-bond acceptors (Lipinski definition) is 3. The van der Waals surface area contributed by atoms with Gasteiger partial charge in [0.15, 0.2) is 0 Å². The van der Waals surface area contributed by atoms with Crippen LogP contribution in [0.25, 0.3) is 0 Å². The van der Waals surface area contributed by atoms with Gasteiger partial charge < -0.3 is 5.32 Å². The van der Waals surface area contributed by atoms with Gasteiger partial charge in [-0.05, 0) is 53.5 Å². The Hall–Kier alpha value is -1.78. The predicted molar refractivity (Wildman–Crippen MR) is 107 cm³/mol. The summed E-state index contributed by atoms with van der Waals surface area (Å²) >= 11 is 7.59. The highest BCUT2D eigenvalue weighted by Gasteiger charge is 2.31. The highest BCUT2D eigenvalue weighted by molar-refractivity contribution is 7.98. The maximum absolute atomic E-state index is 12.6. The smallest absolute Gasteiger partial charge is 0.220 e. The van der Waals surface area contributed by atoms with Crippen LogP contribution in [0.15, 0.2) is 53.4 Å². The van der Waals surface area contributed by atoms with Gasteiger partial charge in [0.25, 0.3) is 0 Å². The summed E-state index contributed by atoms with van der Waals surface area (Å²) in [6.45, 7) is 0.556. The maximum Gasteiger partial charge on any atom is 0.220 e. The zero-order valence-corrected chi connectivity index (χ0v) is 16.3. The first-order chi connectivity index (χ1) is 12.5. The maximum atomic E-state index is 12.6. The van der Waals surface area contributed by atoms with E-state index in [0.717, 1.165) is 11.1 Å². The topological polar surface area (TPSA) is 46.2 Å². The summed E-state index contributed by atoms with van der Waals surface area (Å²) in [5, 5.41) is 3.59. The highest BCUT2D eigenvalue weighted by atomic mass is 35.5. The molecule has 0 radical (unpaired) electrons. The van der Waals surface area contributed by atoms with Crippen molar-refractivity contribution < 1.29 is 9.59 Å². The van der Waals surface area contributed by atoms with Gasteiger partial charge in [0.05, 0.1) is 0 Å². The van der Waals surface area contributed by atoms with Gasteiger partial charge in [-0.3, -0.25) is 9.59 Å². The molecule has 3 nitrogen and oxygen atoms in total. The van der Waals surface area contributed by atoms with Crippen molar-refractivity contribution in [3.05, 3.63) is 64.7 Å². The Morgan fingerprint density at radius 3 is 2.50 bits per heavy atom. The van der Waals surface area contributed by atoms with Crippen LogP contribution < -0.4 is 5.32 Å². The van der Waals surface area contributed by atoms with Crippen LogP contribution in [0, 0.1) is 5.92 Å². The third-order valence-corrected chi connectivity index (χ3v) is 5.88. The molecule has 5 heteroatoms. The van der Waals surface area contributed by atoms with E-state index in [1.165, 1.54) is 4.90 Å². The second-order valence-electron chi connectivity index (χ2n) is 6.69. The third-order valence-electron chi connectivity index (χ3n) is 4.88. The summed E-state index contributed by atoms with van der Waals surface area (Å²) in [5.74, 6) is 0.478. The molecule has 1 aliphatic heterocycles. The number of carbonyl (C=O) groups is 2. The molecule has 0 spiro atoms.